The molecule has 0 aliphatic rings. The van der Waals surface area contributed by atoms with Crippen molar-refractivity contribution in [3.63, 3.8) is 0 Å². The Morgan fingerprint density at radius 1 is 1.42 bits per heavy atom. The highest BCUT2D eigenvalue weighted by Gasteiger charge is 2.15. The molecule has 0 spiro atoms. The highest BCUT2D eigenvalue weighted by Crippen LogP contribution is 2.19. The maximum atomic E-state index is 11.9. The second-order valence-corrected chi connectivity index (χ2v) is 5.59. The van der Waals surface area contributed by atoms with E-state index in [1.54, 1.807) is 17.8 Å². The second kappa shape index (κ2) is 6.43. The molecule has 0 saturated carbocycles. The van der Waals surface area contributed by atoms with Crippen LogP contribution in [0.3, 0.4) is 0 Å². The largest absolute Gasteiger partial charge is 0.338 e. The Morgan fingerprint density at radius 3 is 2.79 bits per heavy atom. The van der Waals surface area contributed by atoms with Crippen molar-refractivity contribution in [2.45, 2.75) is 24.9 Å². The minimum Gasteiger partial charge on any atom is -0.338 e. The summed E-state index contributed by atoms with van der Waals surface area (Å²) in [5, 5.41) is 6.29. The minimum absolute atomic E-state index is 0.0721. The Labute approximate surface area is 116 Å². The van der Waals surface area contributed by atoms with E-state index in [2.05, 4.69) is 22.6 Å². The number of hydrogen-bond acceptors (Lipinski definition) is 4. The van der Waals surface area contributed by atoms with Gasteiger partial charge in [-0.2, -0.15) is 0 Å². The average molecular weight is 276 g/mol. The first-order valence-corrected chi connectivity index (χ1v) is 7.10. The summed E-state index contributed by atoms with van der Waals surface area (Å²) in [4.78, 5) is 11.9. The third kappa shape index (κ3) is 4.13. The van der Waals surface area contributed by atoms with E-state index in [0.29, 0.717) is 5.88 Å². The molecule has 1 N–H and O–H groups in total. The molecular formula is C14H16N2O2S. The molecule has 0 fully saturated rings. The van der Waals surface area contributed by atoms with Gasteiger partial charge >= 0.3 is 0 Å². The molecule has 2 aromatic rings. The van der Waals surface area contributed by atoms with Crippen LogP contribution in [0.5, 0.6) is 0 Å². The number of amides is 1. The smallest absolute Gasteiger partial charge is 0.239 e. The maximum absolute atomic E-state index is 11.9. The number of nitrogens with one attached hydrogen (secondary N) is 1. The molecule has 100 valence electrons. The zero-order valence-corrected chi connectivity index (χ0v) is 11.7. The number of rotatable bonds is 5. The van der Waals surface area contributed by atoms with Crippen LogP contribution in [0.1, 0.15) is 18.2 Å². The van der Waals surface area contributed by atoms with E-state index in [4.69, 9.17) is 4.52 Å². The van der Waals surface area contributed by atoms with Gasteiger partial charge in [0.25, 0.3) is 0 Å². The van der Waals surface area contributed by atoms with Gasteiger partial charge in [0.15, 0.2) is 0 Å². The van der Waals surface area contributed by atoms with Crippen LogP contribution in [-0.4, -0.2) is 16.3 Å². The summed E-state index contributed by atoms with van der Waals surface area (Å²) in [7, 11) is 0. The molecule has 0 bridgehead atoms. The highest BCUT2D eigenvalue weighted by atomic mass is 32.2. The van der Waals surface area contributed by atoms with Crippen molar-refractivity contribution in [2.75, 3.05) is 5.32 Å². The molecule has 5 heteroatoms. The molecule has 0 aliphatic heterocycles. The van der Waals surface area contributed by atoms with E-state index in [-0.39, 0.29) is 11.2 Å². The summed E-state index contributed by atoms with van der Waals surface area (Å²) in [5.41, 5.74) is 1.96. The summed E-state index contributed by atoms with van der Waals surface area (Å²) < 4.78 is 4.96. The highest BCUT2D eigenvalue weighted by molar-refractivity contribution is 7.99. The van der Waals surface area contributed by atoms with E-state index in [1.165, 1.54) is 5.56 Å². The van der Waals surface area contributed by atoms with Crippen molar-refractivity contribution in [2.24, 2.45) is 0 Å². The van der Waals surface area contributed by atoms with Gasteiger partial charge in [0.05, 0.1) is 10.9 Å². The zero-order chi connectivity index (χ0) is 13.7. The molecule has 19 heavy (non-hydrogen) atoms. The molecule has 1 aromatic carbocycles. The Morgan fingerprint density at radius 2 is 2.16 bits per heavy atom. The van der Waals surface area contributed by atoms with Crippen molar-refractivity contribution in [1.29, 1.82) is 0 Å². The fourth-order valence-corrected chi connectivity index (χ4v) is 2.36. The van der Waals surface area contributed by atoms with Crippen LogP contribution in [0.25, 0.3) is 0 Å². The van der Waals surface area contributed by atoms with Gasteiger partial charge in [-0.05, 0) is 19.4 Å². The van der Waals surface area contributed by atoms with Crippen molar-refractivity contribution >= 4 is 23.6 Å². The molecule has 4 nitrogen and oxygen atoms in total. The van der Waals surface area contributed by atoms with Gasteiger partial charge in [0.2, 0.25) is 11.8 Å². The minimum atomic E-state index is -0.148. The molecule has 2 rings (SSSR count). The Balaban J connectivity index is 1.82. The molecule has 1 aromatic heterocycles. The third-order valence-corrected chi connectivity index (χ3v) is 3.80. The predicted octanol–water partition coefficient (Wildman–Crippen LogP) is 3.24. The van der Waals surface area contributed by atoms with Crippen LogP contribution in [-0.2, 0) is 10.5 Å². The van der Waals surface area contributed by atoms with Crippen LogP contribution in [0, 0.1) is 6.92 Å². The first kappa shape index (κ1) is 13.7. The van der Waals surface area contributed by atoms with Crippen molar-refractivity contribution in [3.8, 4) is 0 Å². The van der Waals surface area contributed by atoms with Crippen molar-refractivity contribution < 1.29 is 9.32 Å². The number of carbonyl (C=O) groups excluding carboxylic acids is 1. The fourth-order valence-electron chi connectivity index (χ4n) is 1.52. The Kier molecular flexibility index (Phi) is 4.63. The lowest BCUT2D eigenvalue weighted by atomic mass is 10.2. The van der Waals surface area contributed by atoms with E-state index < -0.39 is 0 Å². The molecule has 0 radical (unpaired) electrons. The van der Waals surface area contributed by atoms with Gasteiger partial charge < -0.3 is 4.52 Å². The monoisotopic (exact) mass is 276 g/mol. The van der Waals surface area contributed by atoms with Crippen LogP contribution in [0.15, 0.2) is 40.9 Å². The summed E-state index contributed by atoms with van der Waals surface area (Å²) in [6.07, 6.45) is 0. The van der Waals surface area contributed by atoms with Crippen LogP contribution < -0.4 is 5.32 Å². The molecule has 1 heterocycles. The number of aryl methyl sites for hydroxylation is 1. The number of hydrogen-bond donors (Lipinski definition) is 1. The zero-order valence-electron chi connectivity index (χ0n) is 10.9. The SMILES string of the molecule is Cc1cc(NC(=O)[C@H](C)SCc2ccccc2)on1. The van der Waals surface area contributed by atoms with Crippen molar-refractivity contribution in [3.05, 3.63) is 47.7 Å². The normalized spacial score (nSPS) is 12.1. The van der Waals surface area contributed by atoms with Gasteiger partial charge in [-0.1, -0.05) is 35.5 Å². The molecular weight excluding hydrogens is 260 g/mol. The predicted molar refractivity (Wildman–Crippen MR) is 77.1 cm³/mol. The second-order valence-electron chi connectivity index (χ2n) is 4.26. The number of benzene rings is 1. The van der Waals surface area contributed by atoms with E-state index >= 15 is 0 Å². The molecule has 1 atom stereocenters. The summed E-state index contributed by atoms with van der Waals surface area (Å²) >= 11 is 1.59. The van der Waals surface area contributed by atoms with Crippen LogP contribution in [0.4, 0.5) is 5.88 Å². The summed E-state index contributed by atoms with van der Waals surface area (Å²) in [6, 6.07) is 11.8. The number of aromatic nitrogens is 1. The molecule has 0 aliphatic carbocycles. The number of carbonyl (C=O) groups is 1. The Bertz CT molecular complexity index is 539. The van der Waals surface area contributed by atoms with Gasteiger partial charge in [0.1, 0.15) is 0 Å². The Hall–Kier alpha value is -1.75. The van der Waals surface area contributed by atoms with Crippen molar-refractivity contribution in [1.82, 2.24) is 5.16 Å². The lowest BCUT2D eigenvalue weighted by Gasteiger charge is -2.10. The third-order valence-electron chi connectivity index (χ3n) is 2.59. The van der Waals surface area contributed by atoms with Gasteiger partial charge in [-0.3, -0.25) is 10.1 Å². The number of thioether (sulfide) groups is 1. The fraction of sp³-hybridized carbons (Fsp3) is 0.286. The van der Waals surface area contributed by atoms with E-state index in [0.717, 1.165) is 11.4 Å². The summed E-state index contributed by atoms with van der Waals surface area (Å²) in [6.45, 7) is 3.69. The lowest BCUT2D eigenvalue weighted by molar-refractivity contribution is -0.115. The standard InChI is InChI=1S/C14H16N2O2S/c1-10-8-13(18-16-10)15-14(17)11(2)19-9-12-6-4-3-5-7-12/h3-8,11H,9H2,1-2H3,(H,15,17)/t11-/m0/s1. The van der Waals surface area contributed by atoms with Crippen LogP contribution in [0.2, 0.25) is 0 Å². The molecule has 0 unspecified atom stereocenters. The van der Waals surface area contributed by atoms with E-state index in [9.17, 15) is 4.79 Å². The first-order chi connectivity index (χ1) is 9.15. The van der Waals surface area contributed by atoms with Gasteiger partial charge in [0, 0.05) is 11.8 Å². The lowest BCUT2D eigenvalue weighted by Crippen LogP contribution is -2.22. The quantitative estimate of drug-likeness (QED) is 0.910. The number of anilines is 1. The maximum Gasteiger partial charge on any atom is 0.239 e. The van der Waals surface area contributed by atoms with Gasteiger partial charge in [-0.15, -0.1) is 11.8 Å². The summed E-state index contributed by atoms with van der Waals surface area (Å²) in [5.74, 6) is 1.14. The average Bonchev–Trinajstić information content (AvgIpc) is 2.82. The number of nitrogens with zero attached hydrogens (tertiary/aromatic N) is 1. The van der Waals surface area contributed by atoms with Gasteiger partial charge in [-0.25, -0.2) is 0 Å². The van der Waals surface area contributed by atoms with E-state index in [1.807, 2.05) is 32.0 Å². The molecule has 0 saturated heterocycles. The first-order valence-electron chi connectivity index (χ1n) is 6.05. The van der Waals surface area contributed by atoms with Crippen LogP contribution >= 0.6 is 11.8 Å². The topological polar surface area (TPSA) is 55.1 Å². The molecule has 1 amide bonds.